The van der Waals surface area contributed by atoms with Gasteiger partial charge >= 0.3 is 0 Å². The average Bonchev–Trinajstić information content (AvgIpc) is 3.07. The van der Waals surface area contributed by atoms with Gasteiger partial charge in [-0.05, 0) is 44.9 Å². The minimum absolute atomic E-state index is 0.0275. The van der Waals surface area contributed by atoms with Crippen molar-refractivity contribution in [2.24, 2.45) is 5.92 Å². The molecule has 1 saturated heterocycles. The maximum atomic E-state index is 12.7. The number of hydrogen-bond acceptors (Lipinski definition) is 4. The lowest BCUT2D eigenvalue weighted by Gasteiger charge is -2.27. The van der Waals surface area contributed by atoms with Crippen molar-refractivity contribution in [2.75, 3.05) is 6.54 Å². The molecule has 112 valence electrons. The van der Waals surface area contributed by atoms with E-state index in [0.29, 0.717) is 11.7 Å². The molecule has 0 radical (unpaired) electrons. The minimum atomic E-state index is 0.0275. The number of carbonyl (C=O) groups is 1. The van der Waals surface area contributed by atoms with Crippen LogP contribution in [0.25, 0.3) is 0 Å². The quantitative estimate of drug-likeness (QED) is 0.802. The molecule has 1 amide bonds. The first kappa shape index (κ1) is 13.0. The van der Waals surface area contributed by atoms with E-state index in [1.807, 2.05) is 4.90 Å². The van der Waals surface area contributed by atoms with E-state index < -0.39 is 0 Å². The Kier molecular flexibility index (Phi) is 3.28. The van der Waals surface area contributed by atoms with E-state index in [-0.39, 0.29) is 17.9 Å². The highest BCUT2D eigenvalue weighted by Gasteiger charge is 2.37. The van der Waals surface area contributed by atoms with Gasteiger partial charge in [-0.25, -0.2) is 0 Å². The summed E-state index contributed by atoms with van der Waals surface area (Å²) < 4.78 is 5.36. The normalized spacial score (nSPS) is 29.0. The molecule has 3 aliphatic rings. The van der Waals surface area contributed by atoms with E-state index >= 15 is 0 Å². The molecule has 2 aliphatic carbocycles. The molecule has 2 atom stereocenters. The van der Waals surface area contributed by atoms with Crippen LogP contribution in [0.15, 0.2) is 16.7 Å². The third-order valence-corrected chi connectivity index (χ3v) is 4.84. The number of carbonyl (C=O) groups excluding carboxylic acids is 1. The third-order valence-electron chi connectivity index (χ3n) is 4.84. The predicted molar refractivity (Wildman–Crippen MR) is 76.4 cm³/mol. The van der Waals surface area contributed by atoms with Crippen molar-refractivity contribution in [1.82, 2.24) is 15.0 Å². The Morgan fingerprint density at radius 3 is 2.90 bits per heavy atom. The monoisotopic (exact) mass is 287 g/mol. The number of likely N-dealkylation sites (tertiary alicyclic amines) is 1. The van der Waals surface area contributed by atoms with Gasteiger partial charge in [0, 0.05) is 18.4 Å². The fourth-order valence-electron chi connectivity index (χ4n) is 3.43. The van der Waals surface area contributed by atoms with Crippen LogP contribution >= 0.6 is 0 Å². The number of hydrogen-bond donors (Lipinski definition) is 0. The van der Waals surface area contributed by atoms with E-state index in [4.69, 9.17) is 4.52 Å². The first-order valence-electron chi connectivity index (χ1n) is 8.12. The molecule has 2 heterocycles. The summed E-state index contributed by atoms with van der Waals surface area (Å²) in [6.45, 7) is 0.830. The first-order valence-corrected chi connectivity index (χ1v) is 8.12. The van der Waals surface area contributed by atoms with Crippen LogP contribution in [-0.4, -0.2) is 27.5 Å². The molecule has 2 unspecified atom stereocenters. The SMILES string of the molecule is O=C(C1CC=CCC1)N1CCCC1c1noc(C2CC2)n1. The Labute approximate surface area is 124 Å². The van der Waals surface area contributed by atoms with Crippen LogP contribution in [-0.2, 0) is 4.79 Å². The van der Waals surface area contributed by atoms with Crippen molar-refractivity contribution in [3.63, 3.8) is 0 Å². The zero-order chi connectivity index (χ0) is 14.2. The van der Waals surface area contributed by atoms with Crippen LogP contribution < -0.4 is 0 Å². The molecule has 0 spiro atoms. The summed E-state index contributed by atoms with van der Waals surface area (Å²) in [7, 11) is 0. The van der Waals surface area contributed by atoms with Gasteiger partial charge in [-0.1, -0.05) is 17.3 Å². The van der Waals surface area contributed by atoms with Gasteiger partial charge in [0.05, 0.1) is 6.04 Å². The lowest BCUT2D eigenvalue weighted by atomic mass is 9.93. The number of rotatable bonds is 3. The minimum Gasteiger partial charge on any atom is -0.339 e. The molecule has 2 fully saturated rings. The number of nitrogens with zero attached hydrogens (tertiary/aromatic N) is 3. The molecule has 1 aromatic heterocycles. The summed E-state index contributed by atoms with van der Waals surface area (Å²) in [5, 5.41) is 4.14. The molecule has 1 aliphatic heterocycles. The Bertz CT molecular complexity index is 562. The molecular weight excluding hydrogens is 266 g/mol. The fourth-order valence-corrected chi connectivity index (χ4v) is 3.43. The molecular formula is C16H21N3O2. The maximum Gasteiger partial charge on any atom is 0.229 e. The molecule has 0 N–H and O–H groups in total. The molecule has 0 bridgehead atoms. The number of aromatic nitrogens is 2. The van der Waals surface area contributed by atoms with Crippen molar-refractivity contribution in [3.05, 3.63) is 23.9 Å². The fraction of sp³-hybridized carbons (Fsp3) is 0.688. The number of allylic oxidation sites excluding steroid dienone is 2. The molecule has 1 aromatic rings. The van der Waals surface area contributed by atoms with Crippen molar-refractivity contribution in [2.45, 2.75) is 56.9 Å². The smallest absolute Gasteiger partial charge is 0.229 e. The summed E-state index contributed by atoms with van der Waals surface area (Å²) in [6, 6.07) is 0.0275. The topological polar surface area (TPSA) is 59.2 Å². The van der Waals surface area contributed by atoms with Crippen molar-refractivity contribution < 1.29 is 9.32 Å². The molecule has 5 nitrogen and oxygen atoms in total. The van der Waals surface area contributed by atoms with Gasteiger partial charge in [0.2, 0.25) is 11.8 Å². The summed E-state index contributed by atoms with van der Waals surface area (Å²) in [6.07, 6.45) is 11.5. The zero-order valence-electron chi connectivity index (χ0n) is 12.2. The lowest BCUT2D eigenvalue weighted by molar-refractivity contribution is -0.136. The molecule has 5 heteroatoms. The second-order valence-corrected chi connectivity index (χ2v) is 6.44. The van der Waals surface area contributed by atoms with Gasteiger partial charge in [-0.15, -0.1) is 0 Å². The van der Waals surface area contributed by atoms with Gasteiger partial charge in [-0.3, -0.25) is 4.79 Å². The molecule has 1 saturated carbocycles. The zero-order valence-corrected chi connectivity index (χ0v) is 12.2. The van der Waals surface area contributed by atoms with Gasteiger partial charge in [0.25, 0.3) is 0 Å². The van der Waals surface area contributed by atoms with Crippen molar-refractivity contribution >= 4 is 5.91 Å². The van der Waals surface area contributed by atoms with Crippen LogP contribution in [0.5, 0.6) is 0 Å². The summed E-state index contributed by atoms with van der Waals surface area (Å²) >= 11 is 0. The van der Waals surface area contributed by atoms with Crippen molar-refractivity contribution in [1.29, 1.82) is 0 Å². The lowest BCUT2D eigenvalue weighted by Crippen LogP contribution is -2.36. The van der Waals surface area contributed by atoms with Crippen LogP contribution in [0.1, 0.15) is 68.6 Å². The first-order chi connectivity index (χ1) is 10.3. The molecule has 4 rings (SSSR count). The van der Waals surface area contributed by atoms with E-state index in [1.54, 1.807) is 0 Å². The van der Waals surface area contributed by atoms with Gasteiger partial charge in [0.1, 0.15) is 0 Å². The van der Waals surface area contributed by atoms with Gasteiger partial charge < -0.3 is 9.42 Å². The van der Waals surface area contributed by atoms with E-state index in [0.717, 1.165) is 57.4 Å². The maximum absolute atomic E-state index is 12.7. The highest BCUT2D eigenvalue weighted by Crippen LogP contribution is 2.40. The summed E-state index contributed by atoms with van der Waals surface area (Å²) in [5.74, 6) is 2.38. The Balaban J connectivity index is 1.50. The molecule has 0 aromatic carbocycles. The van der Waals surface area contributed by atoms with E-state index in [2.05, 4.69) is 22.3 Å². The largest absolute Gasteiger partial charge is 0.339 e. The number of amides is 1. The Hall–Kier alpha value is -1.65. The third kappa shape index (κ3) is 2.49. The second-order valence-electron chi connectivity index (χ2n) is 6.44. The highest BCUT2D eigenvalue weighted by atomic mass is 16.5. The summed E-state index contributed by atoms with van der Waals surface area (Å²) in [4.78, 5) is 19.3. The van der Waals surface area contributed by atoms with Gasteiger partial charge in [0.15, 0.2) is 5.82 Å². The Morgan fingerprint density at radius 1 is 1.24 bits per heavy atom. The predicted octanol–water partition coefficient (Wildman–Crippen LogP) is 2.97. The Morgan fingerprint density at radius 2 is 2.14 bits per heavy atom. The van der Waals surface area contributed by atoms with E-state index in [9.17, 15) is 4.79 Å². The highest BCUT2D eigenvalue weighted by molar-refractivity contribution is 5.79. The standard InChI is InChI=1S/C16H21N3O2/c20-16(12-5-2-1-3-6-12)19-10-4-7-13(19)14-17-15(21-18-14)11-8-9-11/h1-2,11-13H,3-10H2. The average molecular weight is 287 g/mol. The van der Waals surface area contributed by atoms with Crippen LogP contribution in [0.4, 0.5) is 0 Å². The van der Waals surface area contributed by atoms with Gasteiger partial charge in [-0.2, -0.15) is 4.98 Å². The van der Waals surface area contributed by atoms with Crippen LogP contribution in [0, 0.1) is 5.92 Å². The van der Waals surface area contributed by atoms with Crippen LogP contribution in [0.3, 0.4) is 0 Å². The van der Waals surface area contributed by atoms with Crippen LogP contribution in [0.2, 0.25) is 0 Å². The molecule has 21 heavy (non-hydrogen) atoms. The van der Waals surface area contributed by atoms with E-state index in [1.165, 1.54) is 0 Å². The summed E-state index contributed by atoms with van der Waals surface area (Å²) in [5.41, 5.74) is 0. The van der Waals surface area contributed by atoms with Crippen molar-refractivity contribution in [3.8, 4) is 0 Å². The second kappa shape index (κ2) is 5.28.